The van der Waals surface area contributed by atoms with Crippen molar-refractivity contribution in [3.05, 3.63) is 0 Å². The van der Waals surface area contributed by atoms with E-state index in [-0.39, 0.29) is 11.5 Å². The van der Waals surface area contributed by atoms with E-state index in [1.165, 1.54) is 0 Å². The largest absolute Gasteiger partial charge is 0.377 e. The molecular weight excluding hydrogens is 138 g/mol. The number of hydrogen-bond acceptors (Lipinski definition) is 2. The van der Waals surface area contributed by atoms with Gasteiger partial charge in [0, 0.05) is 13.2 Å². The second kappa shape index (κ2) is 4.73. The lowest BCUT2D eigenvalue weighted by Crippen LogP contribution is -2.37. The highest BCUT2D eigenvalue weighted by Crippen LogP contribution is 2.26. The maximum absolute atomic E-state index is 5.60. The molecule has 0 saturated carbocycles. The van der Waals surface area contributed by atoms with Gasteiger partial charge in [0.15, 0.2) is 0 Å². The SMILES string of the molecule is CCOC(CN)C(C)(C)CC. The summed E-state index contributed by atoms with van der Waals surface area (Å²) in [7, 11) is 0. The van der Waals surface area contributed by atoms with E-state index in [4.69, 9.17) is 10.5 Å². The fourth-order valence-electron chi connectivity index (χ4n) is 1.04. The van der Waals surface area contributed by atoms with Gasteiger partial charge >= 0.3 is 0 Å². The molecule has 0 radical (unpaired) electrons. The van der Waals surface area contributed by atoms with Crippen LogP contribution in [0.4, 0.5) is 0 Å². The van der Waals surface area contributed by atoms with Crippen molar-refractivity contribution < 1.29 is 4.74 Å². The fraction of sp³-hybridized carbons (Fsp3) is 1.00. The Labute approximate surface area is 70.1 Å². The molecule has 2 nitrogen and oxygen atoms in total. The van der Waals surface area contributed by atoms with Crippen molar-refractivity contribution >= 4 is 0 Å². The molecule has 0 aromatic rings. The van der Waals surface area contributed by atoms with Gasteiger partial charge in [-0.05, 0) is 18.8 Å². The van der Waals surface area contributed by atoms with Gasteiger partial charge in [-0.3, -0.25) is 0 Å². The number of hydrogen-bond donors (Lipinski definition) is 1. The minimum Gasteiger partial charge on any atom is -0.377 e. The normalized spacial score (nSPS) is 15.0. The third-order valence-electron chi connectivity index (χ3n) is 2.36. The summed E-state index contributed by atoms with van der Waals surface area (Å²) in [5.74, 6) is 0. The summed E-state index contributed by atoms with van der Waals surface area (Å²) in [4.78, 5) is 0. The highest BCUT2D eigenvalue weighted by atomic mass is 16.5. The lowest BCUT2D eigenvalue weighted by molar-refractivity contribution is -0.0148. The zero-order valence-electron chi connectivity index (χ0n) is 8.18. The molecule has 11 heavy (non-hydrogen) atoms. The van der Waals surface area contributed by atoms with Crippen LogP contribution in [0.15, 0.2) is 0 Å². The van der Waals surface area contributed by atoms with Gasteiger partial charge in [-0.2, -0.15) is 0 Å². The number of nitrogens with two attached hydrogens (primary N) is 1. The molecule has 68 valence electrons. The summed E-state index contributed by atoms with van der Waals surface area (Å²) in [6.45, 7) is 9.94. The van der Waals surface area contributed by atoms with Gasteiger partial charge in [-0.1, -0.05) is 20.8 Å². The highest BCUT2D eigenvalue weighted by Gasteiger charge is 2.26. The molecule has 0 rings (SSSR count). The summed E-state index contributed by atoms with van der Waals surface area (Å²) in [6, 6.07) is 0. The first-order valence-corrected chi connectivity index (χ1v) is 4.40. The van der Waals surface area contributed by atoms with Crippen LogP contribution in [0, 0.1) is 5.41 Å². The van der Waals surface area contributed by atoms with Gasteiger partial charge in [0.1, 0.15) is 0 Å². The molecular formula is C9H21NO. The van der Waals surface area contributed by atoms with Gasteiger partial charge in [-0.25, -0.2) is 0 Å². The molecule has 0 spiro atoms. The van der Waals surface area contributed by atoms with Crippen molar-refractivity contribution in [1.82, 2.24) is 0 Å². The van der Waals surface area contributed by atoms with Crippen molar-refractivity contribution in [2.75, 3.05) is 13.2 Å². The Bertz CT molecular complexity index is 102. The van der Waals surface area contributed by atoms with Crippen molar-refractivity contribution in [3.8, 4) is 0 Å². The van der Waals surface area contributed by atoms with Crippen molar-refractivity contribution in [2.24, 2.45) is 11.1 Å². The van der Waals surface area contributed by atoms with Crippen LogP contribution in [0.1, 0.15) is 34.1 Å². The predicted octanol–water partition coefficient (Wildman–Crippen LogP) is 1.79. The Balaban J connectivity index is 3.99. The zero-order chi connectivity index (χ0) is 8.91. The van der Waals surface area contributed by atoms with E-state index in [0.717, 1.165) is 13.0 Å². The van der Waals surface area contributed by atoms with Crippen LogP contribution in [-0.2, 0) is 4.74 Å². The van der Waals surface area contributed by atoms with E-state index >= 15 is 0 Å². The molecule has 2 heteroatoms. The maximum atomic E-state index is 5.60. The Morgan fingerprint density at radius 3 is 2.18 bits per heavy atom. The highest BCUT2D eigenvalue weighted by molar-refractivity contribution is 4.78. The lowest BCUT2D eigenvalue weighted by Gasteiger charge is -2.32. The van der Waals surface area contributed by atoms with Crippen LogP contribution in [-0.4, -0.2) is 19.3 Å². The van der Waals surface area contributed by atoms with Crippen LogP contribution < -0.4 is 5.73 Å². The van der Waals surface area contributed by atoms with E-state index in [1.807, 2.05) is 6.92 Å². The Hall–Kier alpha value is -0.0800. The average molecular weight is 159 g/mol. The van der Waals surface area contributed by atoms with E-state index in [2.05, 4.69) is 20.8 Å². The standard InChI is InChI=1S/C9H21NO/c1-5-9(3,4)8(7-10)11-6-2/h8H,5-7,10H2,1-4H3. The molecule has 0 aliphatic rings. The molecule has 0 amide bonds. The third-order valence-corrected chi connectivity index (χ3v) is 2.36. The van der Waals surface area contributed by atoms with Crippen LogP contribution >= 0.6 is 0 Å². The molecule has 0 fully saturated rings. The second-order valence-corrected chi connectivity index (χ2v) is 3.52. The van der Waals surface area contributed by atoms with Gasteiger partial charge < -0.3 is 10.5 Å². The van der Waals surface area contributed by atoms with Crippen LogP contribution in [0.3, 0.4) is 0 Å². The van der Waals surface area contributed by atoms with Crippen molar-refractivity contribution in [1.29, 1.82) is 0 Å². The van der Waals surface area contributed by atoms with Gasteiger partial charge in [0.05, 0.1) is 6.10 Å². The molecule has 0 aromatic heterocycles. The van der Waals surface area contributed by atoms with Gasteiger partial charge in [-0.15, -0.1) is 0 Å². The minimum atomic E-state index is 0.206. The molecule has 0 heterocycles. The van der Waals surface area contributed by atoms with Crippen molar-refractivity contribution in [3.63, 3.8) is 0 Å². The number of rotatable bonds is 5. The molecule has 0 aliphatic heterocycles. The van der Waals surface area contributed by atoms with E-state index in [9.17, 15) is 0 Å². The Kier molecular flexibility index (Phi) is 4.69. The first-order chi connectivity index (χ1) is 5.08. The molecule has 1 unspecified atom stereocenters. The van der Waals surface area contributed by atoms with E-state index < -0.39 is 0 Å². The summed E-state index contributed by atoms with van der Waals surface area (Å²) < 4.78 is 5.52. The van der Waals surface area contributed by atoms with Crippen LogP contribution in [0.5, 0.6) is 0 Å². The van der Waals surface area contributed by atoms with Gasteiger partial charge in [0.2, 0.25) is 0 Å². The quantitative estimate of drug-likeness (QED) is 0.663. The van der Waals surface area contributed by atoms with E-state index in [1.54, 1.807) is 0 Å². The summed E-state index contributed by atoms with van der Waals surface area (Å²) in [5.41, 5.74) is 5.81. The predicted molar refractivity (Wildman–Crippen MR) is 48.5 cm³/mol. The fourth-order valence-corrected chi connectivity index (χ4v) is 1.04. The second-order valence-electron chi connectivity index (χ2n) is 3.52. The first-order valence-electron chi connectivity index (χ1n) is 4.40. The Morgan fingerprint density at radius 2 is 1.91 bits per heavy atom. The van der Waals surface area contributed by atoms with Crippen molar-refractivity contribution in [2.45, 2.75) is 40.2 Å². The smallest absolute Gasteiger partial charge is 0.0747 e. The molecule has 0 aliphatic carbocycles. The monoisotopic (exact) mass is 159 g/mol. The summed E-state index contributed by atoms with van der Waals surface area (Å²) in [5, 5.41) is 0. The third kappa shape index (κ3) is 3.21. The summed E-state index contributed by atoms with van der Waals surface area (Å²) >= 11 is 0. The maximum Gasteiger partial charge on any atom is 0.0747 e. The average Bonchev–Trinajstić information content (AvgIpc) is 2.00. The molecule has 2 N–H and O–H groups in total. The zero-order valence-corrected chi connectivity index (χ0v) is 8.18. The summed E-state index contributed by atoms with van der Waals surface area (Å²) in [6.07, 6.45) is 1.31. The molecule has 0 saturated heterocycles. The Morgan fingerprint density at radius 1 is 1.36 bits per heavy atom. The van der Waals surface area contributed by atoms with Gasteiger partial charge in [0.25, 0.3) is 0 Å². The molecule has 0 bridgehead atoms. The first kappa shape index (κ1) is 10.9. The van der Waals surface area contributed by atoms with E-state index in [0.29, 0.717) is 6.54 Å². The lowest BCUT2D eigenvalue weighted by atomic mass is 9.84. The molecule has 0 aromatic carbocycles. The van der Waals surface area contributed by atoms with Crippen LogP contribution in [0.25, 0.3) is 0 Å². The molecule has 1 atom stereocenters. The number of ether oxygens (including phenoxy) is 1. The minimum absolute atomic E-state index is 0.206. The van der Waals surface area contributed by atoms with Crippen LogP contribution in [0.2, 0.25) is 0 Å². The topological polar surface area (TPSA) is 35.2 Å².